The summed E-state index contributed by atoms with van der Waals surface area (Å²) < 4.78 is 17.2. The molecular weight excluding hydrogens is 488 g/mol. The molecule has 0 atom stereocenters. The van der Waals surface area contributed by atoms with Crippen LogP contribution in [0.4, 0.5) is 4.79 Å². The predicted octanol–water partition coefficient (Wildman–Crippen LogP) is 6.28. The fourth-order valence-corrected chi connectivity index (χ4v) is 3.01. The number of amides is 1. The van der Waals surface area contributed by atoms with Gasteiger partial charge < -0.3 is 13.9 Å². The van der Waals surface area contributed by atoms with Crippen LogP contribution in [0.25, 0.3) is 17.2 Å². The Hall–Kier alpha value is -2.94. The van der Waals surface area contributed by atoms with Crippen molar-refractivity contribution in [3.8, 4) is 17.2 Å². The minimum Gasteiger partial charge on any atom is -0.496 e. The average molecular weight is 519 g/mol. The number of allylic oxidation sites excluding steroid dienone is 2. The Morgan fingerprint density at radius 2 is 2.06 bits per heavy atom. The molecule has 1 aromatic carbocycles. The van der Waals surface area contributed by atoms with E-state index in [0.29, 0.717) is 21.6 Å². The van der Waals surface area contributed by atoms with E-state index < -0.39 is 11.7 Å². The summed E-state index contributed by atoms with van der Waals surface area (Å²) in [7, 11) is 1.60. The molecule has 0 aliphatic carbocycles. The van der Waals surface area contributed by atoms with Gasteiger partial charge in [0.2, 0.25) is 0 Å². The average Bonchev–Trinajstić information content (AvgIpc) is 3.23. The summed E-state index contributed by atoms with van der Waals surface area (Å²) in [6.07, 6.45) is 4.07. The lowest BCUT2D eigenvalue weighted by Gasteiger charge is -2.20. The number of nitrogens with zero attached hydrogens (tertiary/aromatic N) is 3. The van der Waals surface area contributed by atoms with Gasteiger partial charge in [0.15, 0.2) is 0 Å². The van der Waals surface area contributed by atoms with Crippen molar-refractivity contribution in [3.05, 3.63) is 48.0 Å². The Balaban J connectivity index is 2.43. The number of hydrogen-bond acceptors (Lipinski definition) is 7. The van der Waals surface area contributed by atoms with E-state index in [-0.39, 0.29) is 17.5 Å². The fourth-order valence-electron chi connectivity index (χ4n) is 2.84. The molecule has 0 unspecified atom stereocenters. The van der Waals surface area contributed by atoms with E-state index in [1.807, 2.05) is 18.2 Å². The highest BCUT2D eigenvalue weighted by molar-refractivity contribution is 9.18. The molecule has 0 fully saturated rings. The molecule has 1 N–H and O–H groups in total. The zero-order valence-corrected chi connectivity index (χ0v) is 21.6. The van der Waals surface area contributed by atoms with E-state index >= 15 is 0 Å². The van der Waals surface area contributed by atoms with Gasteiger partial charge in [0.1, 0.15) is 21.7 Å². The highest BCUT2D eigenvalue weighted by Crippen LogP contribution is 2.32. The topological polar surface area (TPSA) is 98.8 Å². The molecule has 0 aliphatic heterocycles. The van der Waals surface area contributed by atoms with Crippen molar-refractivity contribution in [2.24, 2.45) is 4.99 Å². The van der Waals surface area contributed by atoms with Gasteiger partial charge in [0.25, 0.3) is 11.8 Å². The first kappa shape index (κ1) is 26.3. The molecule has 0 saturated carbocycles. The van der Waals surface area contributed by atoms with Crippen molar-refractivity contribution in [1.82, 2.24) is 15.5 Å². The van der Waals surface area contributed by atoms with Gasteiger partial charge in [-0.15, -0.1) is 10.2 Å². The minimum atomic E-state index is -0.646. The molecule has 33 heavy (non-hydrogen) atoms. The van der Waals surface area contributed by atoms with Crippen molar-refractivity contribution in [2.75, 3.05) is 7.11 Å². The van der Waals surface area contributed by atoms with E-state index in [1.165, 1.54) is 11.6 Å². The number of ether oxygens (including phenoxy) is 2. The number of hydrogen-bond donors (Lipinski definition) is 1. The van der Waals surface area contributed by atoms with Crippen LogP contribution in [-0.4, -0.2) is 33.6 Å². The SMILES string of the molecule is C=CC(Br)=N/C(=C(\C)NC(=O)OC(C)(C)C)c1nnc(-c2ccc(CCCC)cc2OC)o1. The third-order valence-electron chi connectivity index (χ3n) is 4.37. The number of unbranched alkanes of at least 4 members (excludes halogenated alkanes) is 1. The Morgan fingerprint density at radius 3 is 2.67 bits per heavy atom. The van der Waals surface area contributed by atoms with Crippen molar-refractivity contribution in [2.45, 2.75) is 59.5 Å². The molecule has 2 aromatic rings. The Bertz CT molecular complexity index is 1050. The van der Waals surface area contributed by atoms with Crippen LogP contribution in [0.2, 0.25) is 0 Å². The number of aliphatic imine (C=N–C) groups is 1. The lowest BCUT2D eigenvalue weighted by Crippen LogP contribution is -2.31. The second-order valence-corrected chi connectivity index (χ2v) is 9.10. The monoisotopic (exact) mass is 518 g/mol. The first-order valence-electron chi connectivity index (χ1n) is 10.7. The van der Waals surface area contributed by atoms with Gasteiger partial charge in [-0.3, -0.25) is 5.32 Å². The molecule has 1 heterocycles. The minimum absolute atomic E-state index is 0.120. The summed E-state index contributed by atoms with van der Waals surface area (Å²) >= 11 is 3.31. The highest BCUT2D eigenvalue weighted by Gasteiger charge is 2.21. The maximum absolute atomic E-state index is 12.2. The summed E-state index contributed by atoms with van der Waals surface area (Å²) in [5.74, 6) is 1.04. The molecule has 0 radical (unpaired) electrons. The van der Waals surface area contributed by atoms with Gasteiger partial charge in [-0.2, -0.15) is 0 Å². The molecule has 0 bridgehead atoms. The lowest BCUT2D eigenvalue weighted by molar-refractivity contribution is 0.0546. The number of nitrogens with one attached hydrogen (secondary N) is 1. The normalized spacial score (nSPS) is 12.8. The van der Waals surface area contributed by atoms with Crippen LogP contribution >= 0.6 is 15.9 Å². The lowest BCUT2D eigenvalue weighted by atomic mass is 10.1. The summed E-state index contributed by atoms with van der Waals surface area (Å²) in [5, 5.41) is 11.0. The van der Waals surface area contributed by atoms with Gasteiger partial charge >= 0.3 is 6.09 Å². The first-order chi connectivity index (χ1) is 15.6. The van der Waals surface area contributed by atoms with Crippen LogP contribution in [0.15, 0.2) is 46.0 Å². The molecule has 0 aliphatic rings. The molecule has 178 valence electrons. The summed E-state index contributed by atoms with van der Waals surface area (Å²) in [5.41, 5.74) is 1.84. The van der Waals surface area contributed by atoms with Gasteiger partial charge in [0.05, 0.1) is 12.7 Å². The molecule has 9 heteroatoms. The third kappa shape index (κ3) is 7.85. The molecule has 1 amide bonds. The Labute approximate surface area is 203 Å². The van der Waals surface area contributed by atoms with Gasteiger partial charge in [-0.1, -0.05) is 26.0 Å². The second-order valence-electron chi connectivity index (χ2n) is 8.29. The van der Waals surface area contributed by atoms with Crippen LogP contribution in [0, 0.1) is 0 Å². The number of benzene rings is 1. The highest BCUT2D eigenvalue weighted by atomic mass is 79.9. The number of methoxy groups -OCH3 is 1. The number of aromatic nitrogens is 2. The van der Waals surface area contributed by atoms with Gasteiger partial charge in [-0.05, 0) is 80.2 Å². The zero-order valence-electron chi connectivity index (χ0n) is 20.0. The van der Waals surface area contributed by atoms with Crippen molar-refractivity contribution < 1.29 is 18.7 Å². The summed E-state index contributed by atoms with van der Waals surface area (Å²) in [6, 6.07) is 5.91. The van der Waals surface area contributed by atoms with Gasteiger partial charge in [0, 0.05) is 5.70 Å². The van der Waals surface area contributed by atoms with Crippen molar-refractivity contribution in [3.63, 3.8) is 0 Å². The van der Waals surface area contributed by atoms with Crippen LogP contribution in [-0.2, 0) is 11.2 Å². The number of rotatable bonds is 9. The number of halogens is 1. The molecular formula is C24H31BrN4O4. The first-order valence-corrected chi connectivity index (χ1v) is 11.5. The molecule has 0 saturated heterocycles. The Morgan fingerprint density at radius 1 is 1.33 bits per heavy atom. The molecule has 1 aromatic heterocycles. The second kappa shape index (κ2) is 11.8. The zero-order chi connectivity index (χ0) is 24.6. The fraction of sp³-hybridized carbons (Fsp3) is 0.417. The van der Waals surface area contributed by atoms with Crippen LogP contribution in [0.3, 0.4) is 0 Å². The van der Waals surface area contributed by atoms with Crippen molar-refractivity contribution in [1.29, 1.82) is 0 Å². The molecule has 2 rings (SSSR count). The number of carbonyl (C=O) groups is 1. The maximum atomic E-state index is 12.2. The van der Waals surface area contributed by atoms with Crippen molar-refractivity contribution >= 4 is 32.3 Å². The van der Waals surface area contributed by atoms with E-state index in [2.05, 4.69) is 49.9 Å². The third-order valence-corrected chi connectivity index (χ3v) is 4.87. The summed E-state index contributed by atoms with van der Waals surface area (Å²) in [4.78, 5) is 16.7. The Kier molecular flexibility index (Phi) is 9.40. The number of alkyl carbamates (subject to hydrolysis) is 1. The smallest absolute Gasteiger partial charge is 0.411 e. The van der Waals surface area contributed by atoms with E-state index in [1.54, 1.807) is 34.8 Å². The van der Waals surface area contributed by atoms with Crippen LogP contribution in [0.5, 0.6) is 5.75 Å². The van der Waals surface area contributed by atoms with E-state index in [0.717, 1.165) is 19.3 Å². The number of aryl methyl sites for hydroxylation is 1. The van der Waals surface area contributed by atoms with Crippen LogP contribution in [0.1, 0.15) is 58.9 Å². The molecule has 0 spiro atoms. The summed E-state index contributed by atoms with van der Waals surface area (Å²) in [6.45, 7) is 12.9. The van der Waals surface area contributed by atoms with Crippen LogP contribution < -0.4 is 10.1 Å². The van der Waals surface area contributed by atoms with E-state index in [9.17, 15) is 4.79 Å². The maximum Gasteiger partial charge on any atom is 0.411 e. The standard InChI is InChI=1S/C24H31BrN4O4/c1-8-10-11-16-12-13-17(18(14-16)31-7)21-28-29-22(32-21)20(27-19(25)9-2)15(3)26-23(30)33-24(4,5)6/h9,12-14H,2,8,10-11H2,1,3-7H3,(H,26,30)/b20-15+,27-19?. The predicted molar refractivity (Wildman–Crippen MR) is 133 cm³/mol. The number of carbonyl (C=O) groups excluding carboxylic acids is 1. The quantitative estimate of drug-likeness (QED) is 0.392. The molecule has 8 nitrogen and oxygen atoms in total. The van der Waals surface area contributed by atoms with E-state index in [4.69, 9.17) is 13.9 Å². The largest absolute Gasteiger partial charge is 0.496 e. The van der Waals surface area contributed by atoms with Gasteiger partial charge in [-0.25, -0.2) is 9.79 Å².